The summed E-state index contributed by atoms with van der Waals surface area (Å²) in [6, 6.07) is 0. The van der Waals surface area contributed by atoms with Gasteiger partial charge in [0.15, 0.2) is 0 Å². The summed E-state index contributed by atoms with van der Waals surface area (Å²) in [6.07, 6.45) is -4.76. The van der Waals surface area contributed by atoms with E-state index in [2.05, 4.69) is 10.4 Å². The Labute approximate surface area is 105 Å². The average molecular weight is 263 g/mol. The van der Waals surface area contributed by atoms with Gasteiger partial charge in [0.1, 0.15) is 0 Å². The van der Waals surface area contributed by atoms with Crippen LogP contribution in [0.3, 0.4) is 0 Å². The lowest BCUT2D eigenvalue weighted by Crippen LogP contribution is -2.13. The molecule has 104 valence electrons. The van der Waals surface area contributed by atoms with Crippen molar-refractivity contribution in [2.45, 2.75) is 52.9 Å². The molecule has 0 saturated heterocycles. The highest BCUT2D eigenvalue weighted by atomic mass is 19.4. The van der Waals surface area contributed by atoms with Crippen LogP contribution in [0.15, 0.2) is 0 Å². The number of hydrogen-bond acceptors (Lipinski definition) is 2. The lowest BCUT2D eigenvalue weighted by Gasteiger charge is -2.08. The SMILES string of the molecule is CCNCc1c(C)nn(CCCC(F)(F)F)c1C. The first kappa shape index (κ1) is 15.0. The molecule has 0 aliphatic carbocycles. The molecule has 1 rings (SSSR count). The maximum atomic E-state index is 12.1. The molecule has 0 radical (unpaired) electrons. The van der Waals surface area contributed by atoms with Crippen molar-refractivity contribution in [3.8, 4) is 0 Å². The normalized spacial score (nSPS) is 12.1. The van der Waals surface area contributed by atoms with Gasteiger partial charge in [-0.1, -0.05) is 6.92 Å². The van der Waals surface area contributed by atoms with E-state index in [-0.39, 0.29) is 6.42 Å². The van der Waals surface area contributed by atoms with Crippen molar-refractivity contribution >= 4 is 0 Å². The second-order valence-corrected chi connectivity index (χ2v) is 4.37. The minimum absolute atomic E-state index is 0.0755. The summed E-state index contributed by atoms with van der Waals surface area (Å²) >= 11 is 0. The van der Waals surface area contributed by atoms with Crippen LogP contribution in [0, 0.1) is 13.8 Å². The molecule has 3 nitrogen and oxygen atoms in total. The number of rotatable bonds is 6. The van der Waals surface area contributed by atoms with Crippen molar-refractivity contribution in [1.82, 2.24) is 15.1 Å². The third-order valence-corrected chi connectivity index (χ3v) is 2.91. The highest BCUT2D eigenvalue weighted by Gasteiger charge is 2.26. The number of hydrogen-bond donors (Lipinski definition) is 1. The number of aromatic nitrogens is 2. The number of alkyl halides is 3. The van der Waals surface area contributed by atoms with Crippen LogP contribution < -0.4 is 5.32 Å². The molecule has 0 fully saturated rings. The molecule has 1 N–H and O–H groups in total. The van der Waals surface area contributed by atoms with Crippen LogP contribution in [0.25, 0.3) is 0 Å². The van der Waals surface area contributed by atoms with Crippen molar-refractivity contribution in [3.05, 3.63) is 17.0 Å². The van der Waals surface area contributed by atoms with Gasteiger partial charge in [0.05, 0.1) is 5.69 Å². The molecule has 1 heterocycles. The summed E-state index contributed by atoms with van der Waals surface area (Å²) in [6.45, 7) is 7.70. The standard InChI is InChI=1S/C12H20F3N3/c1-4-16-8-11-9(2)17-18(10(11)3)7-5-6-12(13,14)15/h16H,4-8H2,1-3H3. The van der Waals surface area contributed by atoms with E-state index in [0.29, 0.717) is 13.1 Å². The molecule has 1 aromatic rings. The second-order valence-electron chi connectivity index (χ2n) is 4.37. The number of nitrogens with one attached hydrogen (secondary N) is 1. The quantitative estimate of drug-likeness (QED) is 0.855. The van der Waals surface area contributed by atoms with E-state index in [1.54, 1.807) is 4.68 Å². The molecule has 18 heavy (non-hydrogen) atoms. The molecule has 0 amide bonds. The van der Waals surface area contributed by atoms with Gasteiger partial charge in [-0.2, -0.15) is 18.3 Å². The number of nitrogens with zero attached hydrogens (tertiary/aromatic N) is 2. The molecule has 6 heteroatoms. The van der Waals surface area contributed by atoms with E-state index in [0.717, 1.165) is 23.5 Å². The van der Waals surface area contributed by atoms with E-state index in [1.807, 2.05) is 20.8 Å². The smallest absolute Gasteiger partial charge is 0.313 e. The zero-order valence-corrected chi connectivity index (χ0v) is 11.1. The van der Waals surface area contributed by atoms with Crippen LogP contribution in [-0.2, 0) is 13.1 Å². The minimum atomic E-state index is -4.08. The van der Waals surface area contributed by atoms with Crippen molar-refractivity contribution in [2.75, 3.05) is 6.54 Å². The maximum Gasteiger partial charge on any atom is 0.389 e. The van der Waals surface area contributed by atoms with Gasteiger partial charge in [-0.25, -0.2) is 0 Å². The van der Waals surface area contributed by atoms with E-state index in [4.69, 9.17) is 0 Å². The highest BCUT2D eigenvalue weighted by Crippen LogP contribution is 2.22. The van der Waals surface area contributed by atoms with E-state index in [9.17, 15) is 13.2 Å². The lowest BCUT2D eigenvalue weighted by atomic mass is 10.2. The zero-order chi connectivity index (χ0) is 13.8. The average Bonchev–Trinajstić information content (AvgIpc) is 2.51. The highest BCUT2D eigenvalue weighted by molar-refractivity contribution is 5.24. The minimum Gasteiger partial charge on any atom is -0.313 e. The third kappa shape index (κ3) is 4.33. The predicted octanol–water partition coefficient (Wildman–Crippen LogP) is 2.95. The van der Waals surface area contributed by atoms with E-state index < -0.39 is 12.6 Å². The van der Waals surface area contributed by atoms with Crippen LogP contribution in [0.4, 0.5) is 13.2 Å². The fourth-order valence-corrected chi connectivity index (χ4v) is 1.89. The summed E-state index contributed by atoms with van der Waals surface area (Å²) in [5.41, 5.74) is 2.93. The number of aryl methyl sites for hydroxylation is 2. The summed E-state index contributed by atoms with van der Waals surface area (Å²) in [7, 11) is 0. The third-order valence-electron chi connectivity index (χ3n) is 2.91. The fraction of sp³-hybridized carbons (Fsp3) is 0.750. The van der Waals surface area contributed by atoms with Crippen LogP contribution >= 0.6 is 0 Å². The van der Waals surface area contributed by atoms with Crippen LogP contribution in [0.5, 0.6) is 0 Å². The van der Waals surface area contributed by atoms with Crippen LogP contribution in [0.2, 0.25) is 0 Å². The van der Waals surface area contributed by atoms with Gasteiger partial charge >= 0.3 is 6.18 Å². The molecule has 0 aliphatic rings. The Bertz CT molecular complexity index is 383. The first-order valence-corrected chi connectivity index (χ1v) is 6.15. The Morgan fingerprint density at radius 3 is 2.50 bits per heavy atom. The van der Waals surface area contributed by atoms with E-state index in [1.165, 1.54) is 0 Å². The van der Waals surface area contributed by atoms with Crippen LogP contribution in [-0.4, -0.2) is 22.5 Å². The molecule has 0 atom stereocenters. The predicted molar refractivity (Wildman–Crippen MR) is 64.4 cm³/mol. The van der Waals surface area contributed by atoms with Gasteiger partial charge < -0.3 is 5.32 Å². The Morgan fingerprint density at radius 2 is 1.94 bits per heavy atom. The second kappa shape index (κ2) is 6.22. The zero-order valence-electron chi connectivity index (χ0n) is 11.1. The van der Waals surface area contributed by atoms with Gasteiger partial charge in [0.2, 0.25) is 0 Å². The van der Waals surface area contributed by atoms with E-state index >= 15 is 0 Å². The fourth-order valence-electron chi connectivity index (χ4n) is 1.89. The van der Waals surface area contributed by atoms with Gasteiger partial charge in [0.25, 0.3) is 0 Å². The van der Waals surface area contributed by atoms with Gasteiger partial charge in [-0.05, 0) is 26.8 Å². The Morgan fingerprint density at radius 1 is 1.28 bits per heavy atom. The van der Waals surface area contributed by atoms with Crippen molar-refractivity contribution in [1.29, 1.82) is 0 Å². The Balaban J connectivity index is 2.61. The molecule has 0 aliphatic heterocycles. The summed E-state index contributed by atoms with van der Waals surface area (Å²) in [4.78, 5) is 0. The Kier molecular flexibility index (Phi) is 5.19. The summed E-state index contributed by atoms with van der Waals surface area (Å²) in [5.74, 6) is 0. The van der Waals surface area contributed by atoms with Crippen molar-refractivity contribution in [2.24, 2.45) is 0 Å². The molecule has 0 unspecified atom stereocenters. The molecule has 1 aromatic heterocycles. The number of halogens is 3. The largest absolute Gasteiger partial charge is 0.389 e. The van der Waals surface area contributed by atoms with Gasteiger partial charge in [-0.3, -0.25) is 4.68 Å². The molecule has 0 spiro atoms. The summed E-state index contributed by atoms with van der Waals surface area (Å²) < 4.78 is 37.9. The molecule has 0 bridgehead atoms. The molecular formula is C12H20F3N3. The first-order valence-electron chi connectivity index (χ1n) is 6.15. The first-order chi connectivity index (χ1) is 8.35. The molecule has 0 saturated carbocycles. The summed E-state index contributed by atoms with van der Waals surface area (Å²) in [5, 5.41) is 7.50. The Hall–Kier alpha value is -1.04. The van der Waals surface area contributed by atoms with Gasteiger partial charge in [-0.15, -0.1) is 0 Å². The van der Waals surface area contributed by atoms with Crippen LogP contribution in [0.1, 0.15) is 36.7 Å². The monoisotopic (exact) mass is 263 g/mol. The van der Waals surface area contributed by atoms with Gasteiger partial charge in [0, 0.05) is 30.8 Å². The topological polar surface area (TPSA) is 29.9 Å². The lowest BCUT2D eigenvalue weighted by molar-refractivity contribution is -0.136. The van der Waals surface area contributed by atoms with Crippen molar-refractivity contribution in [3.63, 3.8) is 0 Å². The molecule has 0 aromatic carbocycles. The van der Waals surface area contributed by atoms with Crippen molar-refractivity contribution < 1.29 is 13.2 Å². The maximum absolute atomic E-state index is 12.1. The molecular weight excluding hydrogens is 243 g/mol.